The molecule has 0 bridgehead atoms. The van der Waals surface area contributed by atoms with E-state index in [1.807, 2.05) is 0 Å². The van der Waals surface area contributed by atoms with E-state index < -0.39 is 18.1 Å². The first-order chi connectivity index (χ1) is 8.65. The molecule has 0 spiro atoms. The maximum atomic E-state index is 11.8. The maximum Gasteiger partial charge on any atom is 0.326 e. The molecule has 1 amide bonds. The number of morpholine rings is 1. The van der Waals surface area contributed by atoms with E-state index in [0.29, 0.717) is 39.1 Å². The molecule has 2 unspecified atom stereocenters. The molecule has 1 rings (SSSR count). The van der Waals surface area contributed by atoms with E-state index in [4.69, 9.17) is 14.6 Å². The topological polar surface area (TPSA) is 96.9 Å². The summed E-state index contributed by atoms with van der Waals surface area (Å²) in [6, 6.07) is -0.891. The van der Waals surface area contributed by atoms with E-state index in [9.17, 15) is 9.59 Å². The molecule has 0 aromatic rings. The van der Waals surface area contributed by atoms with Crippen molar-refractivity contribution in [3.63, 3.8) is 0 Å². The van der Waals surface area contributed by atoms with Gasteiger partial charge in [0, 0.05) is 26.8 Å². The first kappa shape index (κ1) is 14.9. The van der Waals surface area contributed by atoms with Gasteiger partial charge >= 0.3 is 5.97 Å². The Morgan fingerprint density at radius 1 is 1.61 bits per heavy atom. The van der Waals surface area contributed by atoms with E-state index >= 15 is 0 Å². The smallest absolute Gasteiger partial charge is 0.326 e. The summed E-state index contributed by atoms with van der Waals surface area (Å²) in [5.74, 6) is -1.42. The highest BCUT2D eigenvalue weighted by Gasteiger charge is 2.26. The van der Waals surface area contributed by atoms with Gasteiger partial charge in [0.25, 0.3) is 5.91 Å². The number of carboxylic acids is 1. The number of rotatable bonds is 7. The van der Waals surface area contributed by atoms with Crippen molar-refractivity contribution in [1.82, 2.24) is 10.6 Å². The van der Waals surface area contributed by atoms with Crippen molar-refractivity contribution in [1.29, 1.82) is 0 Å². The predicted molar refractivity (Wildman–Crippen MR) is 63.3 cm³/mol. The van der Waals surface area contributed by atoms with Crippen molar-refractivity contribution in [3.05, 3.63) is 0 Å². The van der Waals surface area contributed by atoms with Crippen molar-refractivity contribution in [2.75, 3.05) is 33.4 Å². The molecule has 0 aliphatic carbocycles. The first-order valence-electron chi connectivity index (χ1n) is 5.99. The van der Waals surface area contributed by atoms with Crippen LogP contribution in [0.5, 0.6) is 0 Å². The summed E-state index contributed by atoms with van der Waals surface area (Å²) >= 11 is 0. The Morgan fingerprint density at radius 3 is 2.94 bits per heavy atom. The summed E-state index contributed by atoms with van der Waals surface area (Å²) in [7, 11) is 1.55. The number of methoxy groups -OCH3 is 1. The maximum absolute atomic E-state index is 11.8. The Kier molecular flexibility index (Phi) is 6.63. The van der Waals surface area contributed by atoms with Gasteiger partial charge in [0.1, 0.15) is 12.1 Å². The molecule has 0 aromatic carbocycles. The van der Waals surface area contributed by atoms with Gasteiger partial charge in [0.2, 0.25) is 0 Å². The van der Waals surface area contributed by atoms with E-state index in [1.54, 1.807) is 7.11 Å². The number of nitrogens with one attached hydrogen (secondary N) is 2. The summed E-state index contributed by atoms with van der Waals surface area (Å²) in [4.78, 5) is 22.8. The number of hydrogen-bond donors (Lipinski definition) is 3. The molecule has 18 heavy (non-hydrogen) atoms. The van der Waals surface area contributed by atoms with Crippen LogP contribution in [0, 0.1) is 0 Å². The second kappa shape index (κ2) is 8.02. The number of ether oxygens (including phenoxy) is 2. The number of amides is 1. The Labute approximate surface area is 106 Å². The van der Waals surface area contributed by atoms with Crippen LogP contribution < -0.4 is 10.6 Å². The molecular weight excluding hydrogens is 240 g/mol. The second-order valence-corrected chi connectivity index (χ2v) is 4.10. The minimum atomic E-state index is -1.04. The number of aliphatic carboxylic acids is 1. The van der Waals surface area contributed by atoms with Crippen LogP contribution in [0.2, 0.25) is 0 Å². The molecule has 2 atom stereocenters. The summed E-state index contributed by atoms with van der Waals surface area (Å²) in [5, 5.41) is 14.5. The lowest BCUT2D eigenvalue weighted by Gasteiger charge is -2.24. The molecular formula is C11H20N2O5. The van der Waals surface area contributed by atoms with Crippen LogP contribution in [0.1, 0.15) is 12.8 Å². The number of carbonyl (C=O) groups excluding carboxylic acids is 1. The minimum absolute atomic E-state index is 0.342. The van der Waals surface area contributed by atoms with Crippen LogP contribution in [0.3, 0.4) is 0 Å². The third kappa shape index (κ3) is 4.99. The van der Waals surface area contributed by atoms with Gasteiger partial charge < -0.3 is 25.2 Å². The summed E-state index contributed by atoms with van der Waals surface area (Å²) in [5.41, 5.74) is 0. The first-order valence-corrected chi connectivity index (χ1v) is 5.99. The van der Waals surface area contributed by atoms with Crippen LogP contribution in [0.15, 0.2) is 0 Å². The lowest BCUT2D eigenvalue weighted by Crippen LogP contribution is -2.52. The Hall–Kier alpha value is -1.18. The molecule has 0 radical (unpaired) electrons. The molecule has 0 saturated carbocycles. The fraction of sp³-hybridized carbons (Fsp3) is 0.818. The van der Waals surface area contributed by atoms with Gasteiger partial charge in [0.05, 0.1) is 6.61 Å². The highest BCUT2D eigenvalue weighted by molar-refractivity contribution is 5.86. The lowest BCUT2D eigenvalue weighted by molar-refractivity contribution is -0.145. The average molecular weight is 260 g/mol. The zero-order valence-electron chi connectivity index (χ0n) is 10.5. The van der Waals surface area contributed by atoms with Crippen molar-refractivity contribution >= 4 is 11.9 Å². The predicted octanol–water partition coefficient (Wildman–Crippen LogP) is -1.03. The fourth-order valence-electron chi connectivity index (χ4n) is 1.69. The molecule has 3 N–H and O–H groups in total. The van der Waals surface area contributed by atoms with E-state index in [0.717, 1.165) is 0 Å². The largest absolute Gasteiger partial charge is 0.480 e. The molecule has 104 valence electrons. The quantitative estimate of drug-likeness (QED) is 0.506. The Bertz CT molecular complexity index is 279. The highest BCUT2D eigenvalue weighted by Crippen LogP contribution is 2.02. The van der Waals surface area contributed by atoms with Crippen molar-refractivity contribution in [3.8, 4) is 0 Å². The van der Waals surface area contributed by atoms with E-state index in [-0.39, 0.29) is 5.91 Å². The van der Waals surface area contributed by atoms with Crippen molar-refractivity contribution in [2.24, 2.45) is 0 Å². The monoisotopic (exact) mass is 260 g/mol. The zero-order valence-corrected chi connectivity index (χ0v) is 10.5. The average Bonchev–Trinajstić information content (AvgIpc) is 2.38. The molecule has 1 saturated heterocycles. The van der Waals surface area contributed by atoms with Gasteiger partial charge in [-0.3, -0.25) is 4.79 Å². The summed E-state index contributed by atoms with van der Waals surface area (Å²) < 4.78 is 10.1. The van der Waals surface area contributed by atoms with Crippen LogP contribution in [0.25, 0.3) is 0 Å². The van der Waals surface area contributed by atoms with Gasteiger partial charge in [-0.15, -0.1) is 0 Å². The Balaban J connectivity index is 2.38. The third-order valence-electron chi connectivity index (χ3n) is 2.68. The van der Waals surface area contributed by atoms with Gasteiger partial charge in [-0.05, 0) is 12.8 Å². The van der Waals surface area contributed by atoms with Crippen LogP contribution in [-0.2, 0) is 19.1 Å². The summed E-state index contributed by atoms with van der Waals surface area (Å²) in [6.45, 7) is 2.05. The number of carbonyl (C=O) groups is 2. The standard InChI is InChI=1S/C11H20N2O5/c1-17-5-2-3-8(11(15)16)13-10(14)9-7-12-4-6-18-9/h8-9,12H,2-7H2,1H3,(H,13,14)(H,15,16). The van der Waals surface area contributed by atoms with Crippen molar-refractivity contribution in [2.45, 2.75) is 25.0 Å². The molecule has 0 aromatic heterocycles. The molecule has 7 heteroatoms. The zero-order chi connectivity index (χ0) is 13.4. The minimum Gasteiger partial charge on any atom is -0.480 e. The van der Waals surface area contributed by atoms with Gasteiger partial charge in [-0.2, -0.15) is 0 Å². The normalized spacial score (nSPS) is 21.3. The highest BCUT2D eigenvalue weighted by atomic mass is 16.5. The van der Waals surface area contributed by atoms with Gasteiger partial charge in [0.15, 0.2) is 0 Å². The van der Waals surface area contributed by atoms with Crippen LogP contribution in [-0.4, -0.2) is 62.5 Å². The number of carboxylic acid groups (broad SMARTS) is 1. The van der Waals surface area contributed by atoms with Crippen molar-refractivity contribution < 1.29 is 24.2 Å². The SMILES string of the molecule is COCCCC(NC(=O)C1CNCCO1)C(=O)O. The third-order valence-corrected chi connectivity index (χ3v) is 2.68. The molecule has 1 fully saturated rings. The summed E-state index contributed by atoms with van der Waals surface area (Å²) in [6.07, 6.45) is 0.315. The molecule has 7 nitrogen and oxygen atoms in total. The van der Waals surface area contributed by atoms with E-state index in [1.165, 1.54) is 0 Å². The van der Waals surface area contributed by atoms with Gasteiger partial charge in [-0.25, -0.2) is 4.79 Å². The van der Waals surface area contributed by atoms with Crippen LogP contribution in [0.4, 0.5) is 0 Å². The lowest BCUT2D eigenvalue weighted by atomic mass is 10.1. The molecule has 1 aliphatic heterocycles. The van der Waals surface area contributed by atoms with E-state index in [2.05, 4.69) is 10.6 Å². The molecule has 1 aliphatic rings. The van der Waals surface area contributed by atoms with Gasteiger partial charge in [-0.1, -0.05) is 0 Å². The fourth-order valence-corrected chi connectivity index (χ4v) is 1.69. The second-order valence-electron chi connectivity index (χ2n) is 4.10. The number of hydrogen-bond acceptors (Lipinski definition) is 5. The van der Waals surface area contributed by atoms with Crippen LogP contribution >= 0.6 is 0 Å². The molecule has 1 heterocycles. The Morgan fingerprint density at radius 2 is 2.39 bits per heavy atom.